The molecule has 0 aliphatic carbocycles. The van der Waals surface area contributed by atoms with Crippen molar-refractivity contribution in [2.45, 2.75) is 34.1 Å². The molecule has 2 aromatic rings. The Balaban J connectivity index is 2.52. The zero-order valence-electron chi connectivity index (χ0n) is 12.5. The molecule has 0 spiro atoms. The number of nitrogens with one attached hydrogen (secondary N) is 2. The highest BCUT2D eigenvalue weighted by Crippen LogP contribution is 2.31. The predicted molar refractivity (Wildman–Crippen MR) is 80.6 cm³/mol. The highest BCUT2D eigenvalue weighted by Gasteiger charge is 2.15. The molecule has 1 heterocycles. The third-order valence-electron chi connectivity index (χ3n) is 3.96. The highest BCUT2D eigenvalue weighted by molar-refractivity contribution is 5.73. The molecule has 0 aliphatic rings. The lowest BCUT2D eigenvalue weighted by atomic mass is 9.92. The Morgan fingerprint density at radius 2 is 1.84 bits per heavy atom. The molecular weight excluding hydrogens is 234 g/mol. The van der Waals surface area contributed by atoms with Crippen LogP contribution in [0.3, 0.4) is 0 Å². The van der Waals surface area contributed by atoms with Gasteiger partial charge in [0, 0.05) is 24.2 Å². The van der Waals surface area contributed by atoms with E-state index in [0.29, 0.717) is 0 Å². The second kappa shape index (κ2) is 5.57. The summed E-state index contributed by atoms with van der Waals surface area (Å²) >= 11 is 0. The first kappa shape index (κ1) is 13.8. The van der Waals surface area contributed by atoms with Gasteiger partial charge in [-0.3, -0.25) is 5.10 Å². The third-order valence-corrected chi connectivity index (χ3v) is 3.96. The molecule has 2 N–H and O–H groups in total. The van der Waals surface area contributed by atoms with Crippen LogP contribution in [-0.4, -0.2) is 23.8 Å². The molecule has 0 saturated carbocycles. The Kier molecular flexibility index (Phi) is 4.05. The van der Waals surface area contributed by atoms with Gasteiger partial charge in [0.1, 0.15) is 0 Å². The van der Waals surface area contributed by atoms with E-state index in [-0.39, 0.29) is 0 Å². The van der Waals surface area contributed by atoms with Crippen LogP contribution in [0.1, 0.15) is 28.1 Å². The van der Waals surface area contributed by atoms with E-state index in [9.17, 15) is 0 Å². The molecule has 0 bridgehead atoms. The third kappa shape index (κ3) is 2.56. The van der Waals surface area contributed by atoms with Crippen LogP contribution in [0.25, 0.3) is 11.1 Å². The second-order valence-corrected chi connectivity index (χ2v) is 5.20. The molecule has 0 unspecified atom stereocenters. The Morgan fingerprint density at radius 1 is 1.11 bits per heavy atom. The number of likely N-dealkylation sites (N-methyl/N-ethyl adjacent to an activating group) is 1. The van der Waals surface area contributed by atoms with Gasteiger partial charge in [0.25, 0.3) is 0 Å². The minimum absolute atomic E-state index is 0.946. The number of aromatic amines is 1. The van der Waals surface area contributed by atoms with Crippen LogP contribution in [-0.2, 0) is 6.42 Å². The van der Waals surface area contributed by atoms with Gasteiger partial charge in [-0.15, -0.1) is 0 Å². The summed E-state index contributed by atoms with van der Waals surface area (Å²) < 4.78 is 0. The zero-order valence-corrected chi connectivity index (χ0v) is 12.5. The SMILES string of the molecule is CNCCc1n[nH]c(C)c1-c1ccc(C)c(C)c1C. The minimum atomic E-state index is 0.946. The van der Waals surface area contributed by atoms with Crippen molar-refractivity contribution in [1.29, 1.82) is 0 Å². The van der Waals surface area contributed by atoms with Crippen molar-refractivity contribution >= 4 is 0 Å². The van der Waals surface area contributed by atoms with E-state index < -0.39 is 0 Å². The van der Waals surface area contributed by atoms with Crippen LogP contribution in [0.5, 0.6) is 0 Å². The fraction of sp³-hybridized carbons (Fsp3) is 0.438. The first-order valence-electron chi connectivity index (χ1n) is 6.82. The molecule has 2 rings (SSSR count). The number of H-pyrrole nitrogens is 1. The predicted octanol–water partition coefficient (Wildman–Crippen LogP) is 3.07. The van der Waals surface area contributed by atoms with Crippen molar-refractivity contribution in [3.63, 3.8) is 0 Å². The molecule has 19 heavy (non-hydrogen) atoms. The summed E-state index contributed by atoms with van der Waals surface area (Å²) in [5.41, 5.74) is 8.96. The minimum Gasteiger partial charge on any atom is -0.319 e. The molecular formula is C16H23N3. The highest BCUT2D eigenvalue weighted by atomic mass is 15.1. The summed E-state index contributed by atoms with van der Waals surface area (Å²) in [5.74, 6) is 0. The van der Waals surface area contributed by atoms with Crippen LogP contribution >= 0.6 is 0 Å². The number of hydrogen-bond acceptors (Lipinski definition) is 2. The van der Waals surface area contributed by atoms with Gasteiger partial charge >= 0.3 is 0 Å². The Bertz CT molecular complexity index is 582. The lowest BCUT2D eigenvalue weighted by Gasteiger charge is -2.12. The maximum Gasteiger partial charge on any atom is 0.0716 e. The van der Waals surface area contributed by atoms with Gasteiger partial charge in [0.05, 0.1) is 5.69 Å². The molecule has 102 valence electrons. The summed E-state index contributed by atoms with van der Waals surface area (Å²) in [4.78, 5) is 0. The average Bonchev–Trinajstić information content (AvgIpc) is 2.75. The van der Waals surface area contributed by atoms with Crippen LogP contribution in [0.2, 0.25) is 0 Å². The summed E-state index contributed by atoms with van der Waals surface area (Å²) in [6.07, 6.45) is 0.947. The summed E-state index contributed by atoms with van der Waals surface area (Å²) in [6, 6.07) is 4.42. The van der Waals surface area contributed by atoms with E-state index >= 15 is 0 Å². The number of hydrogen-bond donors (Lipinski definition) is 2. The van der Waals surface area contributed by atoms with Gasteiger partial charge in [-0.25, -0.2) is 0 Å². The van der Waals surface area contributed by atoms with E-state index in [2.05, 4.69) is 55.3 Å². The van der Waals surface area contributed by atoms with Crippen molar-refractivity contribution in [2.75, 3.05) is 13.6 Å². The number of benzene rings is 1. The van der Waals surface area contributed by atoms with E-state index in [1.54, 1.807) is 0 Å². The van der Waals surface area contributed by atoms with Crippen molar-refractivity contribution in [2.24, 2.45) is 0 Å². The average molecular weight is 257 g/mol. The van der Waals surface area contributed by atoms with E-state index in [4.69, 9.17) is 0 Å². The fourth-order valence-corrected chi connectivity index (χ4v) is 2.49. The van der Waals surface area contributed by atoms with Crippen LogP contribution < -0.4 is 5.32 Å². The van der Waals surface area contributed by atoms with Crippen LogP contribution in [0, 0.1) is 27.7 Å². The summed E-state index contributed by atoms with van der Waals surface area (Å²) in [6.45, 7) is 9.60. The van der Waals surface area contributed by atoms with Crippen LogP contribution in [0.4, 0.5) is 0 Å². The second-order valence-electron chi connectivity index (χ2n) is 5.20. The summed E-state index contributed by atoms with van der Waals surface area (Å²) in [5, 5.41) is 10.8. The van der Waals surface area contributed by atoms with Gasteiger partial charge < -0.3 is 5.32 Å². The lowest BCUT2D eigenvalue weighted by molar-refractivity contribution is 0.773. The zero-order chi connectivity index (χ0) is 14.0. The maximum absolute atomic E-state index is 4.46. The number of aryl methyl sites for hydroxylation is 2. The van der Waals surface area contributed by atoms with Gasteiger partial charge in [-0.2, -0.15) is 5.10 Å². The Morgan fingerprint density at radius 3 is 2.53 bits per heavy atom. The molecule has 0 radical (unpaired) electrons. The van der Waals surface area contributed by atoms with Crippen LogP contribution in [0.15, 0.2) is 12.1 Å². The van der Waals surface area contributed by atoms with Gasteiger partial charge in [-0.1, -0.05) is 12.1 Å². The first-order valence-corrected chi connectivity index (χ1v) is 6.82. The smallest absolute Gasteiger partial charge is 0.0716 e. The monoisotopic (exact) mass is 257 g/mol. The quantitative estimate of drug-likeness (QED) is 0.883. The van der Waals surface area contributed by atoms with Gasteiger partial charge in [0.2, 0.25) is 0 Å². The van der Waals surface area contributed by atoms with E-state index in [1.807, 2.05) is 7.05 Å². The number of rotatable bonds is 4. The molecule has 1 aromatic heterocycles. The maximum atomic E-state index is 4.46. The largest absolute Gasteiger partial charge is 0.319 e. The topological polar surface area (TPSA) is 40.7 Å². The number of aromatic nitrogens is 2. The van der Waals surface area contributed by atoms with Crippen molar-refractivity contribution < 1.29 is 0 Å². The van der Waals surface area contributed by atoms with Gasteiger partial charge in [-0.05, 0) is 57.0 Å². The summed E-state index contributed by atoms with van der Waals surface area (Å²) in [7, 11) is 1.97. The Hall–Kier alpha value is -1.61. The molecule has 0 amide bonds. The molecule has 1 aromatic carbocycles. The molecule has 0 atom stereocenters. The van der Waals surface area contributed by atoms with Crippen molar-refractivity contribution in [3.05, 3.63) is 40.2 Å². The lowest BCUT2D eigenvalue weighted by Crippen LogP contribution is -2.11. The normalized spacial score (nSPS) is 11.0. The van der Waals surface area contributed by atoms with Crippen molar-refractivity contribution in [1.82, 2.24) is 15.5 Å². The molecule has 0 aliphatic heterocycles. The van der Waals surface area contributed by atoms with E-state index in [0.717, 1.165) is 24.4 Å². The Labute approximate surface area is 115 Å². The first-order chi connectivity index (χ1) is 9.06. The molecule has 3 nitrogen and oxygen atoms in total. The number of nitrogens with zero attached hydrogens (tertiary/aromatic N) is 1. The van der Waals surface area contributed by atoms with E-state index in [1.165, 1.54) is 27.8 Å². The van der Waals surface area contributed by atoms with Crippen molar-refractivity contribution in [3.8, 4) is 11.1 Å². The van der Waals surface area contributed by atoms with Gasteiger partial charge in [0.15, 0.2) is 0 Å². The fourth-order valence-electron chi connectivity index (χ4n) is 2.49. The molecule has 0 fully saturated rings. The molecule has 3 heteroatoms. The molecule has 0 saturated heterocycles. The standard InChI is InChI=1S/C16H23N3/c1-10-6-7-14(12(3)11(10)2)16-13(4)18-19-15(16)8-9-17-5/h6-7,17H,8-9H2,1-5H3,(H,18,19).